The van der Waals surface area contributed by atoms with Crippen molar-refractivity contribution < 1.29 is 14.3 Å². The number of nitrogens with one attached hydrogen (secondary N) is 2. The Morgan fingerprint density at radius 3 is 2.59 bits per heavy atom. The molecule has 29 heavy (non-hydrogen) atoms. The van der Waals surface area contributed by atoms with Crippen LogP contribution in [-0.4, -0.2) is 25.0 Å². The molecule has 0 unspecified atom stereocenters. The van der Waals surface area contributed by atoms with Crippen LogP contribution in [0.4, 0.5) is 5.69 Å². The van der Waals surface area contributed by atoms with Gasteiger partial charge < -0.3 is 15.4 Å². The lowest BCUT2D eigenvalue weighted by atomic mass is 10.1. The lowest BCUT2D eigenvalue weighted by Crippen LogP contribution is -2.25. The zero-order valence-electron chi connectivity index (χ0n) is 16.1. The van der Waals surface area contributed by atoms with Gasteiger partial charge in [0.25, 0.3) is 5.91 Å². The Balaban J connectivity index is 1.42. The first-order chi connectivity index (χ1) is 14.1. The average molecular weight is 386 g/mol. The second-order valence-corrected chi connectivity index (χ2v) is 7.12. The van der Waals surface area contributed by atoms with Crippen LogP contribution in [0.2, 0.25) is 0 Å². The van der Waals surface area contributed by atoms with E-state index in [1.54, 1.807) is 37.5 Å². The molecule has 3 aromatic rings. The van der Waals surface area contributed by atoms with Crippen molar-refractivity contribution in [1.29, 1.82) is 0 Å². The highest BCUT2D eigenvalue weighted by Gasteiger charge is 2.23. The lowest BCUT2D eigenvalue weighted by Gasteiger charge is -2.06. The summed E-state index contributed by atoms with van der Waals surface area (Å²) < 4.78 is 5.24. The van der Waals surface area contributed by atoms with E-state index >= 15 is 0 Å². The summed E-state index contributed by atoms with van der Waals surface area (Å²) in [5.41, 5.74) is 2.06. The van der Waals surface area contributed by atoms with Crippen LogP contribution in [0.1, 0.15) is 28.8 Å². The minimum Gasteiger partial charge on any atom is -0.497 e. The minimum absolute atomic E-state index is 0.105. The van der Waals surface area contributed by atoms with Crippen molar-refractivity contribution in [1.82, 2.24) is 5.32 Å². The Bertz CT molecular complexity index is 1100. The Hall–Kier alpha value is -3.60. The molecule has 0 spiro atoms. The molecule has 146 valence electrons. The number of ether oxygens (including phenoxy) is 1. The van der Waals surface area contributed by atoms with Crippen molar-refractivity contribution in [3.05, 3.63) is 77.9 Å². The van der Waals surface area contributed by atoms with Gasteiger partial charge in [0, 0.05) is 23.4 Å². The summed E-state index contributed by atoms with van der Waals surface area (Å²) in [6.07, 6.45) is 5.33. The van der Waals surface area contributed by atoms with Gasteiger partial charge in [-0.05, 0) is 71.7 Å². The molecule has 0 heterocycles. The fraction of sp³-hybridized carbons (Fsp3) is 0.167. The second-order valence-electron chi connectivity index (χ2n) is 7.12. The van der Waals surface area contributed by atoms with Gasteiger partial charge in [0.1, 0.15) is 5.75 Å². The Labute approximate surface area is 169 Å². The highest BCUT2D eigenvalue weighted by molar-refractivity contribution is 6.03. The normalized spacial score (nSPS) is 13.4. The third-order valence-electron chi connectivity index (χ3n) is 4.80. The maximum Gasteiger partial charge on any atom is 0.251 e. The predicted octanol–water partition coefficient (Wildman–Crippen LogP) is 4.39. The zero-order chi connectivity index (χ0) is 20.2. The molecule has 0 saturated heterocycles. The van der Waals surface area contributed by atoms with Gasteiger partial charge in [-0.3, -0.25) is 9.59 Å². The van der Waals surface area contributed by atoms with Gasteiger partial charge in [-0.1, -0.05) is 24.3 Å². The van der Waals surface area contributed by atoms with Crippen LogP contribution in [0.25, 0.3) is 16.8 Å². The summed E-state index contributed by atoms with van der Waals surface area (Å²) in [6, 6.07) is 19.1. The number of carbonyl (C=O) groups is 2. The summed E-state index contributed by atoms with van der Waals surface area (Å²) in [4.78, 5) is 24.4. The number of fused-ring (bicyclic) bond motifs is 1. The highest BCUT2D eigenvalue weighted by Crippen LogP contribution is 2.22. The van der Waals surface area contributed by atoms with Gasteiger partial charge in [-0.2, -0.15) is 0 Å². The van der Waals surface area contributed by atoms with Crippen molar-refractivity contribution in [3.63, 3.8) is 0 Å². The summed E-state index contributed by atoms with van der Waals surface area (Å²) in [6.45, 7) is 0. The smallest absolute Gasteiger partial charge is 0.251 e. The first-order valence-corrected chi connectivity index (χ1v) is 9.58. The molecule has 5 nitrogen and oxygen atoms in total. The van der Waals surface area contributed by atoms with Crippen molar-refractivity contribution in [2.24, 2.45) is 0 Å². The van der Waals surface area contributed by atoms with Crippen molar-refractivity contribution in [3.8, 4) is 5.75 Å². The van der Waals surface area contributed by atoms with Crippen LogP contribution in [0.5, 0.6) is 5.75 Å². The molecule has 0 bridgehead atoms. The van der Waals surface area contributed by atoms with E-state index in [9.17, 15) is 9.59 Å². The molecule has 0 atom stereocenters. The van der Waals surface area contributed by atoms with Gasteiger partial charge in [-0.25, -0.2) is 0 Å². The summed E-state index contributed by atoms with van der Waals surface area (Å²) in [5, 5.41) is 7.90. The molecule has 2 amide bonds. The van der Waals surface area contributed by atoms with E-state index < -0.39 is 0 Å². The van der Waals surface area contributed by atoms with Crippen molar-refractivity contribution in [2.75, 3.05) is 12.4 Å². The molecule has 3 aromatic carbocycles. The number of methoxy groups -OCH3 is 1. The number of hydrogen-bond donors (Lipinski definition) is 2. The fourth-order valence-electron chi connectivity index (χ4n) is 3.06. The number of benzene rings is 3. The van der Waals surface area contributed by atoms with Crippen LogP contribution in [0.3, 0.4) is 0 Å². The molecule has 0 aromatic heterocycles. The van der Waals surface area contributed by atoms with Crippen LogP contribution < -0.4 is 15.4 Å². The van der Waals surface area contributed by atoms with E-state index in [0.29, 0.717) is 17.3 Å². The van der Waals surface area contributed by atoms with E-state index in [0.717, 1.165) is 34.9 Å². The lowest BCUT2D eigenvalue weighted by molar-refractivity contribution is -0.111. The maximum absolute atomic E-state index is 12.3. The van der Waals surface area contributed by atoms with Gasteiger partial charge in [0.2, 0.25) is 5.91 Å². The monoisotopic (exact) mass is 386 g/mol. The Morgan fingerprint density at radius 1 is 1.00 bits per heavy atom. The van der Waals surface area contributed by atoms with Gasteiger partial charge >= 0.3 is 0 Å². The number of anilines is 1. The van der Waals surface area contributed by atoms with E-state index in [4.69, 9.17) is 4.74 Å². The van der Waals surface area contributed by atoms with Gasteiger partial charge in [0.15, 0.2) is 0 Å². The number of carbonyl (C=O) groups excluding carboxylic acids is 2. The van der Waals surface area contributed by atoms with E-state index in [-0.39, 0.29) is 11.8 Å². The molecule has 2 N–H and O–H groups in total. The molecule has 0 radical (unpaired) electrons. The van der Waals surface area contributed by atoms with Crippen LogP contribution in [0.15, 0.2) is 66.7 Å². The van der Waals surface area contributed by atoms with Crippen LogP contribution in [-0.2, 0) is 4.79 Å². The standard InChI is InChI=1S/C24H22N2O3/c1-29-22-11-8-17-13-16(5-7-18(17)15-22)6-12-23(27)25-21-4-2-3-19(14-21)24(28)26-20-9-10-20/h2-8,11-15,20H,9-10H2,1H3,(H,25,27)(H,26,28)/b12-6+. The molecule has 1 fully saturated rings. The maximum atomic E-state index is 12.3. The summed E-state index contributed by atoms with van der Waals surface area (Å²) in [7, 11) is 1.64. The second kappa shape index (κ2) is 8.19. The van der Waals surface area contributed by atoms with Crippen LogP contribution >= 0.6 is 0 Å². The van der Waals surface area contributed by atoms with Gasteiger partial charge in [0.05, 0.1) is 7.11 Å². The topological polar surface area (TPSA) is 67.4 Å². The third-order valence-corrected chi connectivity index (χ3v) is 4.80. The number of amides is 2. The zero-order valence-corrected chi connectivity index (χ0v) is 16.1. The Morgan fingerprint density at radius 2 is 1.79 bits per heavy atom. The minimum atomic E-state index is -0.250. The average Bonchev–Trinajstić information content (AvgIpc) is 3.56. The van der Waals surface area contributed by atoms with E-state index in [1.165, 1.54) is 6.08 Å². The van der Waals surface area contributed by atoms with E-state index in [2.05, 4.69) is 10.6 Å². The molecular formula is C24H22N2O3. The molecule has 1 saturated carbocycles. The molecular weight excluding hydrogens is 364 g/mol. The molecule has 4 rings (SSSR count). The Kier molecular flexibility index (Phi) is 5.29. The number of hydrogen-bond acceptors (Lipinski definition) is 3. The summed E-state index contributed by atoms with van der Waals surface area (Å²) >= 11 is 0. The SMILES string of the molecule is COc1ccc2cc(/C=C/C(=O)Nc3cccc(C(=O)NC4CC4)c3)ccc2c1. The van der Waals surface area contributed by atoms with Crippen LogP contribution in [0, 0.1) is 0 Å². The largest absolute Gasteiger partial charge is 0.497 e. The first-order valence-electron chi connectivity index (χ1n) is 9.58. The highest BCUT2D eigenvalue weighted by atomic mass is 16.5. The van der Waals surface area contributed by atoms with E-state index in [1.807, 2.05) is 36.4 Å². The summed E-state index contributed by atoms with van der Waals surface area (Å²) in [5.74, 6) is 0.458. The first kappa shape index (κ1) is 18.7. The molecule has 1 aliphatic rings. The fourth-order valence-corrected chi connectivity index (χ4v) is 3.06. The van der Waals surface area contributed by atoms with Crippen molar-refractivity contribution in [2.45, 2.75) is 18.9 Å². The molecule has 1 aliphatic carbocycles. The molecule has 5 heteroatoms. The predicted molar refractivity (Wildman–Crippen MR) is 115 cm³/mol. The quantitative estimate of drug-likeness (QED) is 0.618. The number of rotatable bonds is 6. The third kappa shape index (κ3) is 4.82. The molecule has 0 aliphatic heterocycles. The van der Waals surface area contributed by atoms with Crippen molar-refractivity contribution >= 4 is 34.4 Å². The van der Waals surface area contributed by atoms with Gasteiger partial charge in [-0.15, -0.1) is 0 Å².